The first-order valence-electron chi connectivity index (χ1n) is 3.55. The van der Waals surface area contributed by atoms with Crippen LogP contribution in [0.25, 0.3) is 0 Å². The molecule has 0 bridgehead atoms. The molecular formula is C6H10O7. The Morgan fingerprint density at radius 2 is 1.54 bits per heavy atom. The monoisotopic (exact) mass is 194 g/mol. The molecule has 1 fully saturated rings. The molecule has 0 aromatic heterocycles. The highest BCUT2D eigenvalue weighted by Gasteiger charge is 2.46. The molecule has 0 amide bonds. The zero-order chi connectivity index (χ0) is 10.2. The van der Waals surface area contributed by atoms with Crippen LogP contribution in [-0.2, 0) is 9.53 Å². The first kappa shape index (κ1) is 10.4. The number of aliphatic carboxylic acids is 1. The summed E-state index contributed by atoms with van der Waals surface area (Å²) in [6, 6.07) is 0. The molecule has 1 saturated heterocycles. The number of carboxylic acids is 1. The summed E-state index contributed by atoms with van der Waals surface area (Å²) in [4.78, 5) is 10.4. The van der Waals surface area contributed by atoms with Crippen LogP contribution in [0.4, 0.5) is 0 Å². The van der Waals surface area contributed by atoms with E-state index < -0.39 is 36.7 Å². The first-order valence-corrected chi connectivity index (χ1v) is 3.55. The number of carboxylic acid groups (broad SMARTS) is 1. The van der Waals surface area contributed by atoms with Gasteiger partial charge in [-0.05, 0) is 0 Å². The van der Waals surface area contributed by atoms with Gasteiger partial charge in [0.25, 0.3) is 0 Å². The largest absolute Gasteiger partial charge is 0.479 e. The maximum absolute atomic E-state index is 10.4. The molecule has 0 radical (unpaired) electrons. The van der Waals surface area contributed by atoms with Crippen molar-refractivity contribution in [2.24, 2.45) is 0 Å². The molecule has 4 unspecified atom stereocenters. The van der Waals surface area contributed by atoms with Crippen LogP contribution in [0.2, 0.25) is 0 Å². The van der Waals surface area contributed by atoms with E-state index in [2.05, 4.69) is 4.74 Å². The van der Waals surface area contributed by atoms with E-state index in [1.54, 1.807) is 0 Å². The normalized spacial score (nSPS) is 46.0. The molecular weight excluding hydrogens is 184 g/mol. The highest BCUT2D eigenvalue weighted by atomic mass is 16.6. The van der Waals surface area contributed by atoms with Crippen LogP contribution < -0.4 is 0 Å². The molecule has 0 saturated carbocycles. The van der Waals surface area contributed by atoms with Crippen LogP contribution in [-0.4, -0.2) is 62.2 Å². The third kappa shape index (κ3) is 1.79. The summed E-state index contributed by atoms with van der Waals surface area (Å²) in [5.74, 6) is -1.52. The van der Waals surface area contributed by atoms with Crippen LogP contribution in [0.15, 0.2) is 0 Å². The Balaban J connectivity index is 2.76. The van der Waals surface area contributed by atoms with Gasteiger partial charge in [-0.3, -0.25) is 0 Å². The van der Waals surface area contributed by atoms with Crippen LogP contribution >= 0.6 is 0 Å². The molecule has 1 aliphatic heterocycles. The number of hydrogen-bond donors (Lipinski definition) is 5. The quantitative estimate of drug-likeness (QED) is 0.298. The zero-order valence-corrected chi connectivity index (χ0v) is 6.44. The molecule has 0 aromatic carbocycles. The van der Waals surface area contributed by atoms with E-state index in [9.17, 15) is 4.79 Å². The number of aliphatic hydroxyl groups excluding tert-OH is 4. The summed E-state index contributed by atoms with van der Waals surface area (Å²) in [6.07, 6.45) is -8.72. The van der Waals surface area contributed by atoms with E-state index in [0.29, 0.717) is 0 Å². The third-order valence-electron chi connectivity index (χ3n) is 1.83. The molecule has 1 aliphatic rings. The Labute approximate surface area is 72.8 Å². The lowest BCUT2D eigenvalue weighted by atomic mass is 9.99. The molecule has 13 heavy (non-hydrogen) atoms. The van der Waals surface area contributed by atoms with Crippen molar-refractivity contribution in [3.63, 3.8) is 0 Å². The zero-order valence-electron chi connectivity index (χ0n) is 6.44. The van der Waals surface area contributed by atoms with E-state index >= 15 is 0 Å². The number of rotatable bonds is 1. The molecule has 7 heteroatoms. The van der Waals surface area contributed by atoms with Crippen molar-refractivity contribution < 1.29 is 35.1 Å². The Kier molecular flexibility index (Phi) is 2.84. The summed E-state index contributed by atoms with van der Waals surface area (Å²) in [6.45, 7) is 0. The van der Waals surface area contributed by atoms with Gasteiger partial charge in [-0.25, -0.2) is 4.79 Å². The molecule has 0 aromatic rings. The fraction of sp³-hybridized carbons (Fsp3) is 0.833. The summed E-state index contributed by atoms with van der Waals surface area (Å²) in [5.41, 5.74) is 0. The van der Waals surface area contributed by atoms with Crippen molar-refractivity contribution in [3.05, 3.63) is 0 Å². The lowest BCUT2D eigenvalue weighted by molar-refractivity contribution is -0.279. The van der Waals surface area contributed by atoms with E-state index in [-0.39, 0.29) is 0 Å². The van der Waals surface area contributed by atoms with Gasteiger partial charge in [0.2, 0.25) is 0 Å². The van der Waals surface area contributed by atoms with Crippen molar-refractivity contribution in [2.45, 2.75) is 30.7 Å². The minimum Gasteiger partial charge on any atom is -0.479 e. The van der Waals surface area contributed by atoms with E-state index in [4.69, 9.17) is 25.5 Å². The minimum absolute atomic E-state index is 1.52. The average Bonchev–Trinajstić information content (AvgIpc) is 2.07. The van der Waals surface area contributed by atoms with Crippen LogP contribution in [0.3, 0.4) is 0 Å². The molecule has 1 heterocycles. The number of hydrogen-bond acceptors (Lipinski definition) is 6. The van der Waals surface area contributed by atoms with Crippen LogP contribution in [0.1, 0.15) is 0 Å². The summed E-state index contributed by atoms with van der Waals surface area (Å²) < 4.78 is 4.34. The fourth-order valence-electron chi connectivity index (χ4n) is 1.07. The van der Waals surface area contributed by atoms with Gasteiger partial charge in [0.05, 0.1) is 0 Å². The number of ether oxygens (including phenoxy) is 1. The Morgan fingerprint density at radius 3 is 2.00 bits per heavy atom. The Morgan fingerprint density at radius 1 is 1.00 bits per heavy atom. The van der Waals surface area contributed by atoms with Crippen molar-refractivity contribution in [1.29, 1.82) is 0 Å². The second-order valence-corrected chi connectivity index (χ2v) is 2.76. The van der Waals surface area contributed by atoms with E-state index in [1.165, 1.54) is 0 Å². The molecule has 5 N–H and O–H groups in total. The van der Waals surface area contributed by atoms with E-state index in [1.807, 2.05) is 0 Å². The van der Waals surface area contributed by atoms with Crippen molar-refractivity contribution in [1.82, 2.24) is 0 Å². The van der Waals surface area contributed by atoms with Gasteiger partial charge in [-0.2, -0.15) is 0 Å². The topological polar surface area (TPSA) is 127 Å². The highest BCUT2D eigenvalue weighted by Crippen LogP contribution is 2.19. The maximum atomic E-state index is 10.4. The van der Waals surface area contributed by atoms with Crippen molar-refractivity contribution in [3.8, 4) is 0 Å². The van der Waals surface area contributed by atoms with Crippen molar-refractivity contribution in [2.75, 3.05) is 0 Å². The predicted molar refractivity (Wildman–Crippen MR) is 36.5 cm³/mol. The third-order valence-corrected chi connectivity index (χ3v) is 1.83. The second kappa shape index (κ2) is 3.56. The molecule has 5 atom stereocenters. The minimum atomic E-state index is -1.81. The molecule has 1 rings (SSSR count). The van der Waals surface area contributed by atoms with Gasteiger partial charge in [-0.15, -0.1) is 0 Å². The summed E-state index contributed by atoms with van der Waals surface area (Å²) in [5, 5.41) is 44.4. The lowest BCUT2D eigenvalue weighted by Crippen LogP contribution is -2.59. The van der Waals surface area contributed by atoms with Crippen molar-refractivity contribution >= 4 is 5.97 Å². The number of carbonyl (C=O) groups is 1. The first-order chi connectivity index (χ1) is 5.95. The van der Waals surface area contributed by atoms with Gasteiger partial charge in [0.1, 0.15) is 18.3 Å². The lowest BCUT2D eigenvalue weighted by Gasteiger charge is -2.36. The summed E-state index contributed by atoms with van der Waals surface area (Å²) >= 11 is 0. The van der Waals surface area contributed by atoms with Gasteiger partial charge in [-0.1, -0.05) is 0 Å². The average molecular weight is 194 g/mol. The molecule has 0 aliphatic carbocycles. The fourth-order valence-corrected chi connectivity index (χ4v) is 1.07. The van der Waals surface area contributed by atoms with Gasteiger partial charge < -0.3 is 30.3 Å². The van der Waals surface area contributed by atoms with E-state index in [0.717, 1.165) is 0 Å². The van der Waals surface area contributed by atoms with Crippen LogP contribution in [0.5, 0.6) is 0 Å². The maximum Gasteiger partial charge on any atom is 0.335 e. The predicted octanol–water partition coefficient (Wildman–Crippen LogP) is -3.13. The number of aliphatic hydroxyl groups is 4. The van der Waals surface area contributed by atoms with Gasteiger partial charge in [0, 0.05) is 0 Å². The summed E-state index contributed by atoms with van der Waals surface area (Å²) in [7, 11) is 0. The highest BCUT2D eigenvalue weighted by molar-refractivity contribution is 5.73. The molecule has 76 valence electrons. The standard InChI is InChI=1S/C6H10O7/c7-1-2(8)4(5(10)11)13-6(12)3(1)9/h1-4,6-9,12H,(H,10,11)/t1?,2-,3?,4?,6?/m1/s1. The SMILES string of the molecule is O=C(O)C1OC(O)C(O)C(O)[C@H]1O. The molecule has 7 nitrogen and oxygen atoms in total. The smallest absolute Gasteiger partial charge is 0.335 e. The van der Waals surface area contributed by atoms with Gasteiger partial charge in [0.15, 0.2) is 12.4 Å². The Bertz CT molecular complexity index is 205. The Hall–Kier alpha value is -0.730. The second-order valence-electron chi connectivity index (χ2n) is 2.76. The van der Waals surface area contributed by atoms with Crippen LogP contribution in [0, 0.1) is 0 Å². The van der Waals surface area contributed by atoms with Gasteiger partial charge >= 0.3 is 5.97 Å². The molecule has 0 spiro atoms.